The lowest BCUT2D eigenvalue weighted by molar-refractivity contribution is 0.00578. The normalized spacial score (nSPS) is 19.5. The first-order valence-corrected chi connectivity index (χ1v) is 8.42. The Bertz CT molecular complexity index is 727. The van der Waals surface area contributed by atoms with Gasteiger partial charge in [0, 0.05) is 0 Å². The topological polar surface area (TPSA) is 44.2 Å². The summed E-state index contributed by atoms with van der Waals surface area (Å²) in [6.07, 6.45) is 1.80. The highest BCUT2D eigenvalue weighted by Crippen LogP contribution is 2.36. The van der Waals surface area contributed by atoms with Crippen molar-refractivity contribution in [3.05, 3.63) is 29.6 Å². The third kappa shape index (κ3) is 2.77. The summed E-state index contributed by atoms with van der Waals surface area (Å²) in [5, 5.41) is 0. The summed E-state index contributed by atoms with van der Waals surface area (Å²) in [7, 11) is -0.359. The van der Waals surface area contributed by atoms with Gasteiger partial charge in [0.25, 0.3) is 0 Å². The van der Waals surface area contributed by atoms with Crippen LogP contribution in [0.2, 0.25) is 0 Å². The predicted octanol–water partition coefficient (Wildman–Crippen LogP) is 3.05. The van der Waals surface area contributed by atoms with E-state index in [1.807, 2.05) is 18.2 Å². The molecule has 0 saturated carbocycles. The van der Waals surface area contributed by atoms with Gasteiger partial charge in [-0.3, -0.25) is 0 Å². The first-order chi connectivity index (χ1) is 10.8. The van der Waals surface area contributed by atoms with Crippen LogP contribution >= 0.6 is 0 Å². The molecule has 0 N–H and O–H groups in total. The third-order valence-electron chi connectivity index (χ3n) is 5.04. The lowest BCUT2D eigenvalue weighted by Crippen LogP contribution is -2.41. The van der Waals surface area contributed by atoms with Gasteiger partial charge in [-0.2, -0.15) is 0 Å². The number of aryl methyl sites for hydroxylation is 2. The van der Waals surface area contributed by atoms with Gasteiger partial charge in [0.05, 0.1) is 33.6 Å². The van der Waals surface area contributed by atoms with Gasteiger partial charge in [-0.1, -0.05) is 19.9 Å². The van der Waals surface area contributed by atoms with Crippen molar-refractivity contribution in [2.45, 2.75) is 65.6 Å². The Labute approximate surface area is 138 Å². The van der Waals surface area contributed by atoms with Gasteiger partial charge < -0.3 is 9.31 Å². The van der Waals surface area contributed by atoms with Crippen molar-refractivity contribution >= 4 is 23.6 Å². The molecule has 0 atom stereocenters. The summed E-state index contributed by atoms with van der Waals surface area (Å²) in [4.78, 5) is 9.54. The average Bonchev–Trinajstić information content (AvgIpc) is 2.73. The van der Waals surface area contributed by atoms with Gasteiger partial charge >= 0.3 is 7.12 Å². The number of fused-ring (bicyclic) bond motifs is 1. The highest BCUT2D eigenvalue weighted by molar-refractivity contribution is 6.62. The van der Waals surface area contributed by atoms with Crippen molar-refractivity contribution in [3.8, 4) is 0 Å². The molecule has 2 aromatic rings. The molecule has 122 valence electrons. The van der Waals surface area contributed by atoms with E-state index in [9.17, 15) is 0 Å². The molecule has 5 heteroatoms. The quantitative estimate of drug-likeness (QED) is 0.817. The molecule has 1 aromatic heterocycles. The van der Waals surface area contributed by atoms with Crippen LogP contribution in [0, 0.1) is 0 Å². The average molecular weight is 312 g/mol. The Hall–Kier alpha value is -1.46. The fraction of sp³-hybridized carbons (Fsp3) is 0.556. The predicted molar refractivity (Wildman–Crippen MR) is 94.0 cm³/mol. The number of nitrogens with zero attached hydrogens (tertiary/aromatic N) is 2. The molecule has 1 aromatic carbocycles. The van der Waals surface area contributed by atoms with Crippen LogP contribution in [0.25, 0.3) is 11.0 Å². The fourth-order valence-electron chi connectivity index (χ4n) is 2.84. The van der Waals surface area contributed by atoms with Crippen LogP contribution in [-0.2, 0) is 22.2 Å². The van der Waals surface area contributed by atoms with Crippen molar-refractivity contribution in [1.82, 2.24) is 9.97 Å². The Morgan fingerprint density at radius 3 is 1.91 bits per heavy atom. The number of hydrogen-bond acceptors (Lipinski definition) is 4. The minimum atomic E-state index is -0.359. The zero-order chi connectivity index (χ0) is 16.8. The fourth-order valence-corrected chi connectivity index (χ4v) is 2.84. The van der Waals surface area contributed by atoms with Gasteiger partial charge in [-0.25, -0.2) is 9.97 Å². The van der Waals surface area contributed by atoms with Gasteiger partial charge in [0.1, 0.15) is 0 Å². The molecule has 1 saturated heterocycles. The molecule has 0 aliphatic carbocycles. The SMILES string of the molecule is CCc1nc2ccc(B3OC(C)(C)C(C)(C)O3)cc2nc1CC. The molecule has 1 aliphatic rings. The minimum absolute atomic E-state index is 0.334. The molecule has 23 heavy (non-hydrogen) atoms. The molecule has 0 bridgehead atoms. The molecular formula is C18H25BN2O2. The van der Waals surface area contributed by atoms with Gasteiger partial charge in [0.2, 0.25) is 0 Å². The van der Waals surface area contributed by atoms with E-state index in [-0.39, 0.29) is 18.3 Å². The van der Waals surface area contributed by atoms with Gasteiger partial charge in [-0.05, 0) is 58.1 Å². The van der Waals surface area contributed by atoms with Crippen molar-refractivity contribution in [1.29, 1.82) is 0 Å². The molecular weight excluding hydrogens is 287 g/mol. The standard InChI is InChI=1S/C18H25BN2O2/c1-7-13-14(8-2)21-16-11-12(9-10-15(16)20-13)19-22-17(3,4)18(5,6)23-19/h9-11H,7-8H2,1-6H3. The number of aromatic nitrogens is 2. The molecule has 0 radical (unpaired) electrons. The number of hydrogen-bond donors (Lipinski definition) is 0. The van der Waals surface area contributed by atoms with E-state index in [0.29, 0.717) is 0 Å². The second-order valence-electron chi connectivity index (χ2n) is 7.16. The summed E-state index contributed by atoms with van der Waals surface area (Å²) in [5.41, 5.74) is 4.33. The van der Waals surface area contributed by atoms with Crippen LogP contribution in [0.15, 0.2) is 18.2 Å². The second-order valence-corrected chi connectivity index (χ2v) is 7.16. The molecule has 0 unspecified atom stereocenters. The van der Waals surface area contributed by atoms with Crippen LogP contribution in [-0.4, -0.2) is 28.3 Å². The van der Waals surface area contributed by atoms with E-state index >= 15 is 0 Å². The molecule has 3 rings (SSSR count). The highest BCUT2D eigenvalue weighted by atomic mass is 16.7. The van der Waals surface area contributed by atoms with Crippen LogP contribution in [0.4, 0.5) is 0 Å². The first kappa shape index (κ1) is 16.4. The number of rotatable bonds is 3. The van der Waals surface area contributed by atoms with Crippen LogP contribution < -0.4 is 5.46 Å². The van der Waals surface area contributed by atoms with Crippen LogP contribution in [0.1, 0.15) is 52.9 Å². The first-order valence-electron chi connectivity index (χ1n) is 8.42. The monoisotopic (exact) mass is 312 g/mol. The van der Waals surface area contributed by atoms with Gasteiger partial charge in [-0.15, -0.1) is 0 Å². The van der Waals surface area contributed by atoms with Gasteiger partial charge in [0.15, 0.2) is 0 Å². The lowest BCUT2D eigenvalue weighted by atomic mass is 9.79. The molecule has 4 nitrogen and oxygen atoms in total. The lowest BCUT2D eigenvalue weighted by Gasteiger charge is -2.32. The Morgan fingerprint density at radius 2 is 1.39 bits per heavy atom. The molecule has 1 aliphatic heterocycles. The largest absolute Gasteiger partial charge is 0.494 e. The zero-order valence-electron chi connectivity index (χ0n) is 14.9. The van der Waals surface area contributed by atoms with E-state index < -0.39 is 0 Å². The van der Waals surface area contributed by atoms with E-state index in [4.69, 9.17) is 19.3 Å². The van der Waals surface area contributed by atoms with Crippen molar-refractivity contribution in [3.63, 3.8) is 0 Å². The van der Waals surface area contributed by atoms with Crippen molar-refractivity contribution < 1.29 is 9.31 Å². The minimum Gasteiger partial charge on any atom is -0.399 e. The summed E-state index contributed by atoms with van der Waals surface area (Å²) >= 11 is 0. The molecule has 0 amide bonds. The summed E-state index contributed by atoms with van der Waals surface area (Å²) < 4.78 is 12.3. The van der Waals surface area contributed by atoms with E-state index in [0.717, 1.165) is 40.7 Å². The van der Waals surface area contributed by atoms with Crippen LogP contribution in [0.3, 0.4) is 0 Å². The van der Waals surface area contributed by atoms with E-state index in [1.165, 1.54) is 0 Å². The molecule has 2 heterocycles. The maximum atomic E-state index is 6.13. The van der Waals surface area contributed by atoms with Crippen molar-refractivity contribution in [2.24, 2.45) is 0 Å². The van der Waals surface area contributed by atoms with E-state index in [1.54, 1.807) is 0 Å². The second kappa shape index (κ2) is 5.57. The smallest absolute Gasteiger partial charge is 0.399 e. The van der Waals surface area contributed by atoms with Crippen LogP contribution in [0.5, 0.6) is 0 Å². The highest BCUT2D eigenvalue weighted by Gasteiger charge is 2.51. The maximum Gasteiger partial charge on any atom is 0.494 e. The summed E-state index contributed by atoms with van der Waals surface area (Å²) in [6, 6.07) is 6.09. The molecule has 1 fully saturated rings. The zero-order valence-corrected chi connectivity index (χ0v) is 14.9. The summed E-state index contributed by atoms with van der Waals surface area (Å²) in [5.74, 6) is 0. The maximum absolute atomic E-state index is 6.13. The van der Waals surface area contributed by atoms with E-state index in [2.05, 4.69) is 41.5 Å². The Kier molecular flexibility index (Phi) is 3.97. The molecule has 0 spiro atoms. The summed E-state index contributed by atoms with van der Waals surface area (Å²) in [6.45, 7) is 12.5. The van der Waals surface area contributed by atoms with Crippen molar-refractivity contribution in [2.75, 3.05) is 0 Å². The number of benzene rings is 1. The Balaban J connectivity index is 2.01. The third-order valence-corrected chi connectivity index (χ3v) is 5.04. The Morgan fingerprint density at radius 1 is 0.870 bits per heavy atom.